The molecule has 1 N–H and O–H groups in total. The van der Waals surface area contributed by atoms with Gasteiger partial charge in [0.1, 0.15) is 0 Å². The minimum absolute atomic E-state index is 0.254. The Labute approximate surface area is 108 Å². The second kappa shape index (κ2) is 5.82. The third-order valence-electron chi connectivity index (χ3n) is 3.40. The van der Waals surface area contributed by atoms with Crippen LogP contribution >= 0.6 is 0 Å². The zero-order valence-electron chi connectivity index (χ0n) is 11.5. The molecule has 1 aromatic rings. The zero-order chi connectivity index (χ0) is 13.1. The lowest BCUT2D eigenvalue weighted by Crippen LogP contribution is -2.53. The van der Waals surface area contributed by atoms with Crippen LogP contribution in [0.5, 0.6) is 0 Å². The molecule has 102 valence electrons. The van der Waals surface area contributed by atoms with Gasteiger partial charge in [-0.1, -0.05) is 5.16 Å². The maximum Gasteiger partial charge on any atom is 0.150 e. The predicted octanol–water partition coefficient (Wildman–Crippen LogP) is 0.870. The molecule has 5 nitrogen and oxygen atoms in total. The standard InChI is InChI=1S/C13H23N3O2/c1-10-6-13(18-14-10)9-15-4-5-16(8-12(3)17)11(2)7-15/h6,11-12,17H,4-5,7-9H2,1-3H3/t11-,12+/m1/s1. The molecule has 0 unspecified atom stereocenters. The SMILES string of the molecule is Cc1cc(CN2CCN(C[C@H](C)O)[C@H](C)C2)on1. The fraction of sp³-hybridized carbons (Fsp3) is 0.769. The monoisotopic (exact) mass is 253 g/mol. The van der Waals surface area contributed by atoms with Gasteiger partial charge in [0.2, 0.25) is 0 Å². The van der Waals surface area contributed by atoms with E-state index in [1.807, 2.05) is 19.9 Å². The number of aliphatic hydroxyl groups excluding tert-OH is 1. The summed E-state index contributed by atoms with van der Waals surface area (Å²) in [6.45, 7) is 10.6. The van der Waals surface area contributed by atoms with Gasteiger partial charge in [-0.25, -0.2) is 0 Å². The lowest BCUT2D eigenvalue weighted by Gasteiger charge is -2.40. The molecule has 0 bridgehead atoms. The van der Waals surface area contributed by atoms with Crippen molar-refractivity contribution in [3.8, 4) is 0 Å². The van der Waals surface area contributed by atoms with Gasteiger partial charge >= 0.3 is 0 Å². The molecule has 1 aromatic heterocycles. The van der Waals surface area contributed by atoms with E-state index in [0.29, 0.717) is 6.04 Å². The molecule has 2 rings (SSSR count). The van der Waals surface area contributed by atoms with Gasteiger partial charge in [0.15, 0.2) is 5.76 Å². The Kier molecular flexibility index (Phi) is 4.37. The van der Waals surface area contributed by atoms with Gasteiger partial charge in [0, 0.05) is 38.3 Å². The number of rotatable bonds is 4. The van der Waals surface area contributed by atoms with Crippen molar-refractivity contribution in [2.24, 2.45) is 0 Å². The first-order valence-corrected chi connectivity index (χ1v) is 6.61. The molecule has 0 spiro atoms. The lowest BCUT2D eigenvalue weighted by atomic mass is 10.1. The van der Waals surface area contributed by atoms with Gasteiger partial charge in [-0.3, -0.25) is 9.80 Å². The van der Waals surface area contributed by atoms with E-state index in [4.69, 9.17) is 4.52 Å². The summed E-state index contributed by atoms with van der Waals surface area (Å²) in [4.78, 5) is 4.72. The largest absolute Gasteiger partial charge is 0.392 e. The highest BCUT2D eigenvalue weighted by Gasteiger charge is 2.24. The van der Waals surface area contributed by atoms with E-state index in [2.05, 4.69) is 21.9 Å². The van der Waals surface area contributed by atoms with E-state index in [1.165, 1.54) is 0 Å². The first-order chi connectivity index (χ1) is 8.54. The van der Waals surface area contributed by atoms with E-state index in [-0.39, 0.29) is 6.10 Å². The summed E-state index contributed by atoms with van der Waals surface area (Å²) in [6, 6.07) is 2.46. The first kappa shape index (κ1) is 13.5. The fourth-order valence-corrected chi connectivity index (χ4v) is 2.54. The minimum atomic E-state index is -0.254. The van der Waals surface area contributed by atoms with E-state index < -0.39 is 0 Å². The molecule has 0 radical (unpaired) electrons. The third-order valence-corrected chi connectivity index (χ3v) is 3.40. The number of nitrogens with zero attached hydrogens (tertiary/aromatic N) is 3. The Balaban J connectivity index is 1.84. The molecule has 0 aromatic carbocycles. The average Bonchev–Trinajstić information content (AvgIpc) is 2.68. The molecular weight excluding hydrogens is 230 g/mol. The summed E-state index contributed by atoms with van der Waals surface area (Å²) in [7, 11) is 0. The number of hydrogen-bond donors (Lipinski definition) is 1. The Morgan fingerprint density at radius 2 is 2.33 bits per heavy atom. The number of aliphatic hydroxyl groups is 1. The number of aromatic nitrogens is 1. The number of piperazine rings is 1. The van der Waals surface area contributed by atoms with Crippen LogP contribution < -0.4 is 0 Å². The van der Waals surface area contributed by atoms with Crippen LogP contribution in [-0.2, 0) is 6.54 Å². The van der Waals surface area contributed by atoms with Gasteiger partial charge in [-0.05, 0) is 20.8 Å². The zero-order valence-corrected chi connectivity index (χ0v) is 11.5. The van der Waals surface area contributed by atoms with Crippen LogP contribution in [-0.4, -0.2) is 58.4 Å². The molecular formula is C13H23N3O2. The van der Waals surface area contributed by atoms with Crippen LogP contribution in [0.4, 0.5) is 0 Å². The van der Waals surface area contributed by atoms with Gasteiger partial charge in [-0.15, -0.1) is 0 Å². The summed E-state index contributed by atoms with van der Waals surface area (Å²) in [6.07, 6.45) is -0.254. The molecule has 1 fully saturated rings. The summed E-state index contributed by atoms with van der Waals surface area (Å²) in [5.41, 5.74) is 0.936. The maximum atomic E-state index is 9.45. The number of hydrogen-bond acceptors (Lipinski definition) is 5. The van der Waals surface area contributed by atoms with E-state index >= 15 is 0 Å². The van der Waals surface area contributed by atoms with Crippen molar-refractivity contribution in [3.63, 3.8) is 0 Å². The minimum Gasteiger partial charge on any atom is -0.392 e. The topological polar surface area (TPSA) is 52.7 Å². The molecule has 5 heteroatoms. The van der Waals surface area contributed by atoms with E-state index in [0.717, 1.165) is 44.2 Å². The number of aryl methyl sites for hydroxylation is 1. The Morgan fingerprint density at radius 3 is 2.89 bits per heavy atom. The molecule has 0 amide bonds. The average molecular weight is 253 g/mol. The molecule has 0 saturated carbocycles. The Hall–Kier alpha value is -0.910. The van der Waals surface area contributed by atoms with Crippen LogP contribution in [0.1, 0.15) is 25.3 Å². The second-order valence-corrected chi connectivity index (χ2v) is 5.36. The Bertz CT molecular complexity index is 378. The molecule has 18 heavy (non-hydrogen) atoms. The van der Waals surface area contributed by atoms with Crippen LogP contribution in [0, 0.1) is 6.92 Å². The van der Waals surface area contributed by atoms with Gasteiger partial charge < -0.3 is 9.63 Å². The summed E-state index contributed by atoms with van der Waals surface area (Å²) < 4.78 is 5.25. The van der Waals surface area contributed by atoms with Crippen molar-refractivity contribution in [2.45, 2.75) is 39.5 Å². The Morgan fingerprint density at radius 1 is 1.56 bits per heavy atom. The molecule has 1 saturated heterocycles. The molecule has 1 aliphatic heterocycles. The van der Waals surface area contributed by atoms with Crippen molar-refractivity contribution >= 4 is 0 Å². The molecule has 2 heterocycles. The normalized spacial score (nSPS) is 24.3. The second-order valence-electron chi connectivity index (χ2n) is 5.36. The van der Waals surface area contributed by atoms with E-state index in [9.17, 15) is 5.11 Å². The third kappa shape index (κ3) is 3.54. The summed E-state index contributed by atoms with van der Waals surface area (Å²) >= 11 is 0. The maximum absolute atomic E-state index is 9.45. The molecule has 2 atom stereocenters. The quantitative estimate of drug-likeness (QED) is 0.863. The molecule has 1 aliphatic rings. The van der Waals surface area contributed by atoms with Crippen LogP contribution in [0.15, 0.2) is 10.6 Å². The molecule has 0 aliphatic carbocycles. The van der Waals surface area contributed by atoms with Crippen LogP contribution in [0.2, 0.25) is 0 Å². The van der Waals surface area contributed by atoms with Crippen molar-refractivity contribution < 1.29 is 9.63 Å². The highest BCUT2D eigenvalue weighted by atomic mass is 16.5. The van der Waals surface area contributed by atoms with Crippen LogP contribution in [0.3, 0.4) is 0 Å². The van der Waals surface area contributed by atoms with Crippen molar-refractivity contribution in [3.05, 3.63) is 17.5 Å². The van der Waals surface area contributed by atoms with Gasteiger partial charge in [-0.2, -0.15) is 0 Å². The first-order valence-electron chi connectivity index (χ1n) is 6.61. The van der Waals surface area contributed by atoms with Gasteiger partial charge in [0.25, 0.3) is 0 Å². The van der Waals surface area contributed by atoms with E-state index in [1.54, 1.807) is 0 Å². The lowest BCUT2D eigenvalue weighted by molar-refractivity contribution is 0.0392. The highest BCUT2D eigenvalue weighted by molar-refractivity contribution is 5.03. The summed E-state index contributed by atoms with van der Waals surface area (Å²) in [5, 5.41) is 13.4. The van der Waals surface area contributed by atoms with Gasteiger partial charge in [0.05, 0.1) is 18.3 Å². The highest BCUT2D eigenvalue weighted by Crippen LogP contribution is 2.14. The summed E-state index contributed by atoms with van der Waals surface area (Å²) in [5.74, 6) is 0.934. The van der Waals surface area contributed by atoms with Crippen molar-refractivity contribution in [2.75, 3.05) is 26.2 Å². The number of β-amino-alcohol motifs (C(OH)–C–C–N with tert-alkyl or cyclic N) is 1. The van der Waals surface area contributed by atoms with Crippen molar-refractivity contribution in [1.82, 2.24) is 15.0 Å². The smallest absolute Gasteiger partial charge is 0.150 e. The van der Waals surface area contributed by atoms with Crippen molar-refractivity contribution in [1.29, 1.82) is 0 Å². The van der Waals surface area contributed by atoms with Crippen LogP contribution in [0.25, 0.3) is 0 Å². The predicted molar refractivity (Wildman–Crippen MR) is 69.2 cm³/mol. The fourth-order valence-electron chi connectivity index (χ4n) is 2.54.